The summed E-state index contributed by atoms with van der Waals surface area (Å²) in [5, 5.41) is 8.60. The van der Waals surface area contributed by atoms with Crippen molar-refractivity contribution in [3.63, 3.8) is 0 Å². The minimum atomic E-state index is -0.176. The fraction of sp³-hybridized carbons (Fsp3) is 0.200. The average Bonchev–Trinajstić information content (AvgIpc) is 2.95. The number of hydrogen-bond acceptors (Lipinski definition) is 6. The van der Waals surface area contributed by atoms with Crippen molar-refractivity contribution in [1.29, 1.82) is 0 Å². The lowest BCUT2D eigenvalue weighted by molar-refractivity contribution is 0.757. The molecule has 3 rings (SSSR count). The first kappa shape index (κ1) is 11.5. The maximum absolute atomic E-state index is 6.20. The zero-order valence-corrected chi connectivity index (χ0v) is 11.0. The maximum Gasteiger partial charge on any atom is 0.132 e. The minimum Gasteiger partial charge on any atom is -0.323 e. The first-order valence-corrected chi connectivity index (χ1v) is 6.36. The van der Waals surface area contributed by atoms with Crippen LogP contribution in [0, 0.1) is 0 Å². The number of fused-ring (bicyclic) bond motifs is 1. The van der Waals surface area contributed by atoms with Crippen molar-refractivity contribution >= 4 is 34.4 Å². The van der Waals surface area contributed by atoms with Gasteiger partial charge in [0.15, 0.2) is 0 Å². The molecule has 1 aromatic carbocycles. The van der Waals surface area contributed by atoms with Gasteiger partial charge in [0.1, 0.15) is 16.7 Å². The summed E-state index contributed by atoms with van der Waals surface area (Å²) in [6.45, 7) is 1.85. The lowest BCUT2D eigenvalue weighted by Crippen LogP contribution is -2.05. The fourth-order valence-corrected chi connectivity index (χ4v) is 2.40. The second-order valence-corrected chi connectivity index (χ2v) is 4.84. The molecule has 0 radical (unpaired) electrons. The first-order valence-electron chi connectivity index (χ1n) is 5.26. The van der Waals surface area contributed by atoms with E-state index in [2.05, 4.69) is 19.1 Å². The van der Waals surface area contributed by atoms with Gasteiger partial charge in [-0.2, -0.15) is 8.75 Å². The molecule has 92 valence electrons. The molecule has 1 unspecified atom stereocenters. The molecule has 0 amide bonds. The maximum atomic E-state index is 6.20. The van der Waals surface area contributed by atoms with Crippen LogP contribution < -0.4 is 5.73 Å². The molecule has 0 aliphatic carbocycles. The molecule has 0 bridgehead atoms. The Morgan fingerprint density at radius 3 is 2.94 bits per heavy atom. The van der Waals surface area contributed by atoms with Crippen LogP contribution in [0.2, 0.25) is 5.02 Å². The Hall–Kier alpha value is -1.57. The van der Waals surface area contributed by atoms with E-state index in [0.717, 1.165) is 17.2 Å². The molecule has 0 aliphatic heterocycles. The Balaban J connectivity index is 2.23. The number of rotatable bonds is 2. The highest BCUT2D eigenvalue weighted by Crippen LogP contribution is 2.28. The number of halogens is 1. The van der Waals surface area contributed by atoms with Gasteiger partial charge in [0.25, 0.3) is 0 Å². The summed E-state index contributed by atoms with van der Waals surface area (Å²) in [5.41, 5.74) is 8.65. The SMILES string of the molecule is CC(N)c1cn(-c2c(Cl)ccc3nsnc23)nn1. The van der Waals surface area contributed by atoms with Crippen molar-refractivity contribution in [2.75, 3.05) is 0 Å². The molecule has 0 fully saturated rings. The van der Waals surface area contributed by atoms with Crippen molar-refractivity contribution in [3.05, 3.63) is 29.0 Å². The van der Waals surface area contributed by atoms with Gasteiger partial charge in [-0.1, -0.05) is 16.8 Å². The highest BCUT2D eigenvalue weighted by Gasteiger charge is 2.14. The zero-order valence-electron chi connectivity index (χ0n) is 9.41. The molecule has 2 aromatic heterocycles. The molecule has 2 heterocycles. The third-order valence-corrected chi connectivity index (χ3v) is 3.41. The van der Waals surface area contributed by atoms with E-state index < -0.39 is 0 Å². The molecule has 0 spiro atoms. The fourth-order valence-electron chi connectivity index (χ4n) is 1.63. The van der Waals surface area contributed by atoms with Gasteiger partial charge < -0.3 is 5.73 Å². The van der Waals surface area contributed by atoms with E-state index in [1.807, 2.05) is 13.0 Å². The molecule has 0 saturated heterocycles. The summed E-state index contributed by atoms with van der Waals surface area (Å²) in [6, 6.07) is 3.42. The first-order chi connectivity index (χ1) is 8.66. The van der Waals surface area contributed by atoms with Gasteiger partial charge >= 0.3 is 0 Å². The number of aromatic nitrogens is 5. The molecule has 2 N–H and O–H groups in total. The average molecular weight is 281 g/mol. The van der Waals surface area contributed by atoms with Crippen molar-refractivity contribution in [3.8, 4) is 5.69 Å². The number of nitrogens with zero attached hydrogens (tertiary/aromatic N) is 5. The van der Waals surface area contributed by atoms with Crippen LogP contribution in [0.4, 0.5) is 0 Å². The molecule has 3 aromatic rings. The molecule has 18 heavy (non-hydrogen) atoms. The van der Waals surface area contributed by atoms with E-state index in [1.165, 1.54) is 0 Å². The van der Waals surface area contributed by atoms with Crippen LogP contribution in [0.25, 0.3) is 16.7 Å². The summed E-state index contributed by atoms with van der Waals surface area (Å²) in [4.78, 5) is 0. The van der Waals surface area contributed by atoms with Crippen molar-refractivity contribution in [2.45, 2.75) is 13.0 Å². The van der Waals surface area contributed by atoms with Crippen LogP contribution in [0.15, 0.2) is 18.3 Å². The van der Waals surface area contributed by atoms with Crippen LogP contribution in [-0.2, 0) is 0 Å². The normalized spacial score (nSPS) is 13.1. The second-order valence-electron chi connectivity index (χ2n) is 3.90. The van der Waals surface area contributed by atoms with E-state index in [0.29, 0.717) is 21.9 Å². The van der Waals surface area contributed by atoms with Gasteiger partial charge in [-0.15, -0.1) is 5.10 Å². The number of benzene rings is 1. The Morgan fingerprint density at radius 2 is 2.22 bits per heavy atom. The minimum absolute atomic E-state index is 0.176. The molecular formula is C10H9ClN6S. The summed E-state index contributed by atoms with van der Waals surface area (Å²) < 4.78 is 10.00. The molecule has 0 aliphatic rings. The Bertz CT molecular complexity index is 703. The van der Waals surface area contributed by atoms with E-state index in [4.69, 9.17) is 17.3 Å². The van der Waals surface area contributed by atoms with Crippen LogP contribution >= 0.6 is 23.3 Å². The predicted octanol–water partition coefficient (Wildman–Crippen LogP) is 1.95. The van der Waals surface area contributed by atoms with Gasteiger partial charge in [-0.25, -0.2) is 4.68 Å². The van der Waals surface area contributed by atoms with Gasteiger partial charge in [-0.3, -0.25) is 0 Å². The number of hydrogen-bond donors (Lipinski definition) is 1. The van der Waals surface area contributed by atoms with Crippen molar-refractivity contribution in [2.24, 2.45) is 5.73 Å². The molecular weight excluding hydrogens is 272 g/mol. The van der Waals surface area contributed by atoms with Gasteiger partial charge in [-0.05, 0) is 19.1 Å². The van der Waals surface area contributed by atoms with Crippen LogP contribution in [-0.4, -0.2) is 23.7 Å². The van der Waals surface area contributed by atoms with Crippen LogP contribution in [0.1, 0.15) is 18.7 Å². The molecule has 1 atom stereocenters. The van der Waals surface area contributed by atoms with Crippen LogP contribution in [0.5, 0.6) is 0 Å². The van der Waals surface area contributed by atoms with Crippen molar-refractivity contribution < 1.29 is 0 Å². The predicted molar refractivity (Wildman–Crippen MR) is 69.9 cm³/mol. The number of nitrogens with two attached hydrogens (primary N) is 1. The van der Waals surface area contributed by atoms with E-state index in [1.54, 1.807) is 16.9 Å². The van der Waals surface area contributed by atoms with Gasteiger partial charge in [0, 0.05) is 6.04 Å². The van der Waals surface area contributed by atoms with Crippen LogP contribution in [0.3, 0.4) is 0 Å². The van der Waals surface area contributed by atoms with Gasteiger partial charge in [0.05, 0.1) is 28.6 Å². The summed E-state index contributed by atoms with van der Waals surface area (Å²) in [7, 11) is 0. The third kappa shape index (κ3) is 1.76. The van der Waals surface area contributed by atoms with E-state index in [-0.39, 0.29) is 6.04 Å². The molecule has 0 saturated carbocycles. The Kier molecular flexibility index (Phi) is 2.73. The summed E-state index contributed by atoms with van der Waals surface area (Å²) in [6.07, 6.45) is 1.75. The lowest BCUT2D eigenvalue weighted by atomic mass is 10.2. The highest BCUT2D eigenvalue weighted by molar-refractivity contribution is 7.00. The zero-order chi connectivity index (χ0) is 12.7. The molecule has 8 heteroatoms. The largest absolute Gasteiger partial charge is 0.323 e. The quantitative estimate of drug-likeness (QED) is 0.776. The van der Waals surface area contributed by atoms with E-state index in [9.17, 15) is 0 Å². The Labute approximate surface area is 112 Å². The highest BCUT2D eigenvalue weighted by atomic mass is 35.5. The summed E-state index contributed by atoms with van der Waals surface area (Å²) >= 11 is 7.34. The monoisotopic (exact) mass is 280 g/mol. The molecule has 6 nitrogen and oxygen atoms in total. The summed E-state index contributed by atoms with van der Waals surface area (Å²) in [5.74, 6) is 0. The van der Waals surface area contributed by atoms with E-state index >= 15 is 0 Å². The standard InChI is InChI=1S/C10H9ClN6S/c1-5(12)8-4-17(16-13-8)10-6(11)2-3-7-9(10)15-18-14-7/h2-5H,12H2,1H3. The van der Waals surface area contributed by atoms with Gasteiger partial charge in [0.2, 0.25) is 0 Å². The topological polar surface area (TPSA) is 82.5 Å². The van der Waals surface area contributed by atoms with Crippen molar-refractivity contribution in [1.82, 2.24) is 23.7 Å². The third-order valence-electron chi connectivity index (χ3n) is 2.56. The smallest absolute Gasteiger partial charge is 0.132 e. The Morgan fingerprint density at radius 1 is 1.39 bits per heavy atom. The lowest BCUT2D eigenvalue weighted by Gasteiger charge is -2.03. The second kappa shape index (κ2) is 4.27.